The average Bonchev–Trinajstić information content (AvgIpc) is 1.81. The minimum atomic E-state index is -0.183. The normalized spacial score (nSPS) is 13.0. The van der Waals surface area contributed by atoms with Crippen LogP contribution in [0.15, 0.2) is 18.2 Å². The third-order valence-electron chi connectivity index (χ3n) is 1.48. The van der Waals surface area contributed by atoms with E-state index in [0.717, 1.165) is 15.6 Å². The first-order valence-corrected chi connectivity index (χ1v) is 4.86. The Labute approximate surface area is 85.3 Å². The molecule has 1 aromatic rings. The maximum atomic E-state index is 12.8. The summed E-state index contributed by atoms with van der Waals surface area (Å²) in [5.74, 6) is -0.183. The number of halogens is 2. The van der Waals surface area contributed by atoms with Gasteiger partial charge in [0.15, 0.2) is 0 Å². The molecule has 0 heterocycles. The lowest BCUT2D eigenvalue weighted by atomic mass is 10.1. The Morgan fingerprint density at radius 3 is 2.67 bits per heavy atom. The van der Waals surface area contributed by atoms with Crippen LogP contribution in [-0.2, 0) is 6.42 Å². The second-order valence-electron chi connectivity index (χ2n) is 2.96. The maximum absolute atomic E-state index is 12.8. The highest BCUT2D eigenvalue weighted by molar-refractivity contribution is 14.1. The van der Waals surface area contributed by atoms with Gasteiger partial charge in [-0.15, -0.1) is 0 Å². The molecule has 0 aliphatic heterocycles. The van der Waals surface area contributed by atoms with Crippen molar-refractivity contribution in [1.29, 1.82) is 0 Å². The summed E-state index contributed by atoms with van der Waals surface area (Å²) in [5.41, 5.74) is 6.57. The standard InChI is InChI=1S/C9H11FIN/c1-6(12)2-7-3-8(10)5-9(11)4-7/h3-6H,2,12H2,1H3/t6-/m0/s1. The summed E-state index contributed by atoms with van der Waals surface area (Å²) in [5, 5.41) is 0. The molecule has 0 saturated carbocycles. The molecular weight excluding hydrogens is 268 g/mol. The predicted molar refractivity (Wildman–Crippen MR) is 56.5 cm³/mol. The van der Waals surface area contributed by atoms with Crippen molar-refractivity contribution < 1.29 is 4.39 Å². The smallest absolute Gasteiger partial charge is 0.124 e. The average molecular weight is 279 g/mol. The molecule has 0 aromatic heterocycles. The lowest BCUT2D eigenvalue weighted by Gasteiger charge is -2.05. The fraction of sp³-hybridized carbons (Fsp3) is 0.333. The van der Waals surface area contributed by atoms with Gasteiger partial charge in [0.25, 0.3) is 0 Å². The number of hydrogen-bond donors (Lipinski definition) is 1. The third kappa shape index (κ3) is 3.06. The molecule has 0 radical (unpaired) electrons. The Bertz CT molecular complexity index is 253. The molecule has 0 aliphatic carbocycles. The van der Waals surface area contributed by atoms with Gasteiger partial charge in [0.05, 0.1) is 0 Å². The predicted octanol–water partition coefficient (Wildman–Crippen LogP) is 2.32. The van der Waals surface area contributed by atoms with Gasteiger partial charge >= 0.3 is 0 Å². The van der Waals surface area contributed by atoms with Crippen molar-refractivity contribution in [1.82, 2.24) is 0 Å². The first kappa shape index (κ1) is 9.92. The largest absolute Gasteiger partial charge is 0.328 e. The summed E-state index contributed by atoms with van der Waals surface area (Å²) in [7, 11) is 0. The van der Waals surface area contributed by atoms with Crippen molar-refractivity contribution in [3.8, 4) is 0 Å². The Morgan fingerprint density at radius 2 is 2.17 bits per heavy atom. The monoisotopic (exact) mass is 279 g/mol. The van der Waals surface area contributed by atoms with Crippen LogP contribution in [0, 0.1) is 9.39 Å². The number of rotatable bonds is 2. The Hall–Kier alpha value is -0.160. The van der Waals surface area contributed by atoms with Crippen LogP contribution in [0.2, 0.25) is 0 Å². The molecule has 1 rings (SSSR count). The van der Waals surface area contributed by atoms with Gasteiger partial charge in [0, 0.05) is 9.61 Å². The minimum absolute atomic E-state index is 0.0857. The van der Waals surface area contributed by atoms with Crippen molar-refractivity contribution in [2.75, 3.05) is 0 Å². The number of nitrogens with two attached hydrogens (primary N) is 1. The van der Waals surface area contributed by atoms with Gasteiger partial charge in [-0.05, 0) is 59.7 Å². The van der Waals surface area contributed by atoms with Crippen LogP contribution >= 0.6 is 22.6 Å². The summed E-state index contributed by atoms with van der Waals surface area (Å²) in [6.07, 6.45) is 0.730. The molecule has 0 saturated heterocycles. The van der Waals surface area contributed by atoms with Gasteiger partial charge in [-0.25, -0.2) is 4.39 Å². The summed E-state index contributed by atoms with van der Waals surface area (Å²) >= 11 is 2.10. The maximum Gasteiger partial charge on any atom is 0.124 e. The highest BCUT2D eigenvalue weighted by Gasteiger charge is 2.01. The molecule has 3 heteroatoms. The van der Waals surface area contributed by atoms with Gasteiger partial charge in [-0.2, -0.15) is 0 Å². The molecule has 12 heavy (non-hydrogen) atoms. The van der Waals surface area contributed by atoms with E-state index in [9.17, 15) is 4.39 Å². The van der Waals surface area contributed by atoms with Crippen molar-refractivity contribution in [3.05, 3.63) is 33.1 Å². The highest BCUT2D eigenvalue weighted by atomic mass is 127. The highest BCUT2D eigenvalue weighted by Crippen LogP contribution is 2.12. The number of benzene rings is 1. The van der Waals surface area contributed by atoms with E-state index in [0.29, 0.717) is 0 Å². The summed E-state index contributed by atoms with van der Waals surface area (Å²) < 4.78 is 13.8. The van der Waals surface area contributed by atoms with Gasteiger partial charge in [0.2, 0.25) is 0 Å². The van der Waals surface area contributed by atoms with Crippen LogP contribution < -0.4 is 5.73 Å². The molecule has 66 valence electrons. The Balaban J connectivity index is 2.85. The van der Waals surface area contributed by atoms with Crippen LogP contribution in [0.3, 0.4) is 0 Å². The Kier molecular flexibility index (Phi) is 3.46. The van der Waals surface area contributed by atoms with E-state index in [1.54, 1.807) is 0 Å². The van der Waals surface area contributed by atoms with Crippen molar-refractivity contribution in [2.45, 2.75) is 19.4 Å². The molecule has 0 spiro atoms. The molecule has 0 bridgehead atoms. The van der Waals surface area contributed by atoms with Crippen LogP contribution in [0.25, 0.3) is 0 Å². The van der Waals surface area contributed by atoms with Gasteiger partial charge in [0.1, 0.15) is 5.82 Å². The van der Waals surface area contributed by atoms with Crippen LogP contribution in [0.5, 0.6) is 0 Å². The summed E-state index contributed by atoms with van der Waals surface area (Å²) in [6, 6.07) is 5.08. The molecule has 2 N–H and O–H groups in total. The second kappa shape index (κ2) is 4.18. The molecular formula is C9H11FIN. The zero-order valence-corrected chi connectivity index (χ0v) is 9.01. The van der Waals surface area contributed by atoms with E-state index in [1.807, 2.05) is 13.0 Å². The third-order valence-corrected chi connectivity index (χ3v) is 2.10. The van der Waals surface area contributed by atoms with E-state index in [4.69, 9.17) is 5.73 Å². The summed E-state index contributed by atoms with van der Waals surface area (Å²) in [6.45, 7) is 1.91. The lowest BCUT2D eigenvalue weighted by Crippen LogP contribution is -2.17. The fourth-order valence-corrected chi connectivity index (χ4v) is 1.80. The molecule has 1 atom stereocenters. The van der Waals surface area contributed by atoms with Gasteiger partial charge in [-0.1, -0.05) is 0 Å². The quantitative estimate of drug-likeness (QED) is 0.826. The van der Waals surface area contributed by atoms with Crippen LogP contribution in [-0.4, -0.2) is 6.04 Å². The van der Waals surface area contributed by atoms with E-state index < -0.39 is 0 Å². The first-order valence-electron chi connectivity index (χ1n) is 3.78. The molecule has 0 fully saturated rings. The molecule has 0 aliphatic rings. The SMILES string of the molecule is C[C@H](N)Cc1cc(F)cc(I)c1. The first-order chi connectivity index (χ1) is 5.58. The summed E-state index contributed by atoms with van der Waals surface area (Å²) in [4.78, 5) is 0. The van der Waals surface area contributed by atoms with E-state index >= 15 is 0 Å². The topological polar surface area (TPSA) is 26.0 Å². The second-order valence-corrected chi connectivity index (χ2v) is 4.20. The molecule has 1 aromatic carbocycles. The molecule has 1 nitrogen and oxygen atoms in total. The minimum Gasteiger partial charge on any atom is -0.328 e. The lowest BCUT2D eigenvalue weighted by molar-refractivity contribution is 0.621. The van der Waals surface area contributed by atoms with Gasteiger partial charge in [-0.3, -0.25) is 0 Å². The van der Waals surface area contributed by atoms with Crippen molar-refractivity contribution in [2.24, 2.45) is 5.73 Å². The van der Waals surface area contributed by atoms with E-state index in [2.05, 4.69) is 22.6 Å². The van der Waals surface area contributed by atoms with E-state index in [-0.39, 0.29) is 11.9 Å². The molecule has 0 amide bonds. The van der Waals surface area contributed by atoms with Crippen LogP contribution in [0.4, 0.5) is 4.39 Å². The fourth-order valence-electron chi connectivity index (χ4n) is 1.10. The zero-order valence-electron chi connectivity index (χ0n) is 6.85. The van der Waals surface area contributed by atoms with Gasteiger partial charge < -0.3 is 5.73 Å². The van der Waals surface area contributed by atoms with Crippen molar-refractivity contribution in [3.63, 3.8) is 0 Å². The van der Waals surface area contributed by atoms with Crippen molar-refractivity contribution >= 4 is 22.6 Å². The van der Waals surface area contributed by atoms with Crippen LogP contribution in [0.1, 0.15) is 12.5 Å². The number of hydrogen-bond acceptors (Lipinski definition) is 1. The zero-order chi connectivity index (χ0) is 9.14. The molecule has 0 unspecified atom stereocenters. The Morgan fingerprint density at radius 1 is 1.50 bits per heavy atom. The van der Waals surface area contributed by atoms with E-state index in [1.165, 1.54) is 12.1 Å².